The Hall–Kier alpha value is -1.62. The van der Waals surface area contributed by atoms with Crippen LogP contribution in [0.1, 0.15) is 46.5 Å². The van der Waals surface area contributed by atoms with Crippen LogP contribution in [0.4, 0.5) is 5.82 Å². The van der Waals surface area contributed by atoms with Crippen molar-refractivity contribution in [1.29, 1.82) is 0 Å². The van der Waals surface area contributed by atoms with Gasteiger partial charge in [0.1, 0.15) is 0 Å². The molecule has 1 aromatic rings. The minimum atomic E-state index is -0.00556. The lowest BCUT2D eigenvalue weighted by molar-refractivity contribution is 0.366. The summed E-state index contributed by atoms with van der Waals surface area (Å²) in [6.07, 6.45) is 10.1. The largest absolute Gasteiger partial charge is 0.352 e. The first kappa shape index (κ1) is 17.7. The van der Waals surface area contributed by atoms with E-state index in [9.17, 15) is 4.79 Å². The van der Waals surface area contributed by atoms with Gasteiger partial charge in [0.2, 0.25) is 0 Å². The number of nitrogens with zero attached hydrogens (tertiary/aromatic N) is 3. The highest BCUT2D eigenvalue weighted by Crippen LogP contribution is 2.15. The molecule has 0 amide bonds. The van der Waals surface area contributed by atoms with Crippen LogP contribution in [0.15, 0.2) is 28.8 Å². The molecule has 5 heteroatoms. The highest BCUT2D eigenvalue weighted by atomic mass is 16.1. The number of piperidine rings is 1. The molecule has 0 radical (unpaired) electrons. The number of hydrogen-bond donors (Lipinski definition) is 1. The molecule has 128 valence electrons. The van der Waals surface area contributed by atoms with Crippen molar-refractivity contribution in [1.82, 2.24) is 14.9 Å². The molecular formula is C18H30N4O. The molecule has 1 aliphatic rings. The SMILES string of the molecule is CC(C)=CCCC(C)NC1CCN(c2nccn(C)c2=O)CC1. The molecular weight excluding hydrogens is 288 g/mol. The molecule has 1 aliphatic heterocycles. The number of aryl methyl sites for hydroxylation is 1. The van der Waals surface area contributed by atoms with E-state index >= 15 is 0 Å². The van der Waals surface area contributed by atoms with Gasteiger partial charge in [-0.15, -0.1) is 0 Å². The Kier molecular flexibility index (Phi) is 6.39. The van der Waals surface area contributed by atoms with Gasteiger partial charge in [0, 0.05) is 44.6 Å². The van der Waals surface area contributed by atoms with Gasteiger partial charge in [-0.2, -0.15) is 0 Å². The summed E-state index contributed by atoms with van der Waals surface area (Å²) in [4.78, 5) is 18.5. The first-order valence-corrected chi connectivity index (χ1v) is 8.63. The first-order chi connectivity index (χ1) is 11.0. The fourth-order valence-corrected chi connectivity index (χ4v) is 3.07. The molecule has 0 bridgehead atoms. The third-order valence-corrected chi connectivity index (χ3v) is 4.47. The van der Waals surface area contributed by atoms with Crippen molar-refractivity contribution in [3.63, 3.8) is 0 Å². The molecule has 1 saturated heterocycles. The second-order valence-electron chi connectivity index (χ2n) is 6.85. The van der Waals surface area contributed by atoms with E-state index in [0.717, 1.165) is 32.4 Å². The van der Waals surface area contributed by atoms with Crippen molar-refractivity contribution in [3.8, 4) is 0 Å². The van der Waals surface area contributed by atoms with Gasteiger partial charge >= 0.3 is 0 Å². The minimum absolute atomic E-state index is 0.00556. The summed E-state index contributed by atoms with van der Waals surface area (Å²) in [6.45, 7) is 8.35. The van der Waals surface area contributed by atoms with Gasteiger partial charge in [0.05, 0.1) is 0 Å². The average Bonchev–Trinajstić information content (AvgIpc) is 2.50. The summed E-state index contributed by atoms with van der Waals surface area (Å²) in [6, 6.07) is 1.07. The molecule has 1 aromatic heterocycles. The van der Waals surface area contributed by atoms with Crippen LogP contribution in [0, 0.1) is 0 Å². The van der Waals surface area contributed by atoms with Crippen molar-refractivity contribution >= 4 is 5.82 Å². The van der Waals surface area contributed by atoms with Crippen LogP contribution in [-0.4, -0.2) is 34.7 Å². The molecule has 1 unspecified atom stereocenters. The van der Waals surface area contributed by atoms with Crippen molar-refractivity contribution < 1.29 is 0 Å². The Bertz CT molecular complexity index is 581. The van der Waals surface area contributed by atoms with Crippen LogP contribution in [0.3, 0.4) is 0 Å². The van der Waals surface area contributed by atoms with Crippen LogP contribution in [-0.2, 0) is 7.05 Å². The number of hydrogen-bond acceptors (Lipinski definition) is 4. The van der Waals surface area contributed by atoms with E-state index in [1.165, 1.54) is 12.0 Å². The van der Waals surface area contributed by atoms with Gasteiger partial charge in [-0.25, -0.2) is 4.98 Å². The smallest absolute Gasteiger partial charge is 0.293 e. The molecule has 2 heterocycles. The molecule has 1 fully saturated rings. The van der Waals surface area contributed by atoms with E-state index in [0.29, 0.717) is 17.9 Å². The van der Waals surface area contributed by atoms with Crippen molar-refractivity contribution in [2.75, 3.05) is 18.0 Å². The molecule has 5 nitrogen and oxygen atoms in total. The lowest BCUT2D eigenvalue weighted by Gasteiger charge is -2.34. The van der Waals surface area contributed by atoms with Crippen molar-refractivity contribution in [2.24, 2.45) is 7.05 Å². The van der Waals surface area contributed by atoms with Crippen molar-refractivity contribution in [3.05, 3.63) is 34.4 Å². The standard InChI is InChI=1S/C18H30N4O/c1-14(2)6-5-7-15(3)20-16-8-11-22(12-9-16)17-18(23)21(4)13-10-19-17/h6,10,13,15-16,20H,5,7-9,11-12H2,1-4H3. The fraction of sp³-hybridized carbons (Fsp3) is 0.667. The number of aromatic nitrogens is 2. The lowest BCUT2D eigenvalue weighted by Crippen LogP contribution is -2.47. The predicted octanol–water partition coefficient (Wildman–Crippen LogP) is 2.47. The number of rotatable bonds is 6. The van der Waals surface area contributed by atoms with E-state index < -0.39 is 0 Å². The van der Waals surface area contributed by atoms with Crippen LogP contribution >= 0.6 is 0 Å². The Morgan fingerprint density at radius 2 is 2.13 bits per heavy atom. The highest BCUT2D eigenvalue weighted by molar-refractivity contribution is 5.36. The molecule has 2 rings (SSSR count). The quantitative estimate of drug-likeness (QED) is 0.819. The molecule has 0 aromatic carbocycles. The summed E-state index contributed by atoms with van der Waals surface area (Å²) in [7, 11) is 1.77. The van der Waals surface area contributed by atoms with Gasteiger partial charge in [-0.1, -0.05) is 11.6 Å². The first-order valence-electron chi connectivity index (χ1n) is 8.63. The Morgan fingerprint density at radius 3 is 2.78 bits per heavy atom. The van der Waals surface area contributed by atoms with E-state index in [1.54, 1.807) is 24.0 Å². The maximum Gasteiger partial charge on any atom is 0.293 e. The molecule has 1 atom stereocenters. The van der Waals surface area contributed by atoms with Crippen LogP contribution in [0.2, 0.25) is 0 Å². The zero-order valence-electron chi connectivity index (χ0n) is 14.9. The second-order valence-corrected chi connectivity index (χ2v) is 6.85. The van der Waals surface area contributed by atoms with E-state index in [2.05, 4.69) is 42.0 Å². The van der Waals surface area contributed by atoms with Gasteiger partial charge in [0.15, 0.2) is 5.82 Å². The molecule has 0 aliphatic carbocycles. The average molecular weight is 318 g/mol. The van der Waals surface area contributed by atoms with Gasteiger partial charge in [-0.3, -0.25) is 4.79 Å². The third kappa shape index (κ3) is 5.20. The fourth-order valence-electron chi connectivity index (χ4n) is 3.07. The van der Waals surface area contributed by atoms with Crippen LogP contribution in [0.5, 0.6) is 0 Å². The molecule has 1 N–H and O–H groups in total. The zero-order valence-corrected chi connectivity index (χ0v) is 14.9. The Morgan fingerprint density at radius 1 is 1.43 bits per heavy atom. The summed E-state index contributed by atoms with van der Waals surface area (Å²) >= 11 is 0. The molecule has 0 saturated carbocycles. The molecule has 23 heavy (non-hydrogen) atoms. The topological polar surface area (TPSA) is 50.2 Å². The Balaban J connectivity index is 1.81. The number of allylic oxidation sites excluding steroid dienone is 2. The van der Waals surface area contributed by atoms with Gasteiger partial charge < -0.3 is 14.8 Å². The maximum atomic E-state index is 12.1. The molecule has 0 spiro atoms. The van der Waals surface area contributed by atoms with E-state index in [-0.39, 0.29) is 5.56 Å². The second kappa shape index (κ2) is 8.29. The summed E-state index contributed by atoms with van der Waals surface area (Å²) in [5, 5.41) is 3.73. The van der Waals surface area contributed by atoms with Crippen LogP contribution < -0.4 is 15.8 Å². The normalized spacial score (nSPS) is 17.1. The third-order valence-electron chi connectivity index (χ3n) is 4.47. The number of anilines is 1. The van der Waals surface area contributed by atoms with E-state index in [1.807, 2.05) is 0 Å². The monoisotopic (exact) mass is 318 g/mol. The Labute approximate surface area is 139 Å². The summed E-state index contributed by atoms with van der Waals surface area (Å²) < 4.78 is 1.60. The van der Waals surface area contributed by atoms with E-state index in [4.69, 9.17) is 0 Å². The maximum absolute atomic E-state index is 12.1. The zero-order chi connectivity index (χ0) is 16.8. The highest BCUT2D eigenvalue weighted by Gasteiger charge is 2.22. The van der Waals surface area contributed by atoms with Gasteiger partial charge in [-0.05, 0) is 46.5 Å². The number of nitrogens with one attached hydrogen (secondary N) is 1. The lowest BCUT2D eigenvalue weighted by atomic mass is 10.0. The van der Waals surface area contributed by atoms with Crippen molar-refractivity contribution in [2.45, 2.75) is 58.5 Å². The predicted molar refractivity (Wildman–Crippen MR) is 96.0 cm³/mol. The van der Waals surface area contributed by atoms with Crippen LogP contribution in [0.25, 0.3) is 0 Å². The van der Waals surface area contributed by atoms with Gasteiger partial charge in [0.25, 0.3) is 5.56 Å². The summed E-state index contributed by atoms with van der Waals surface area (Å²) in [5.41, 5.74) is 1.39. The summed E-state index contributed by atoms with van der Waals surface area (Å²) in [5.74, 6) is 0.588. The minimum Gasteiger partial charge on any atom is -0.352 e.